The molecule has 2 aromatic carbocycles. The molecule has 0 radical (unpaired) electrons. The molecule has 0 spiro atoms. The van der Waals surface area contributed by atoms with Crippen molar-refractivity contribution in [2.24, 2.45) is 5.10 Å². The second-order valence-electron chi connectivity index (χ2n) is 4.28. The SMILES string of the molecule is Cc1ccc(S[N+](=O)/N=C(\Cl)c2c(Cl)cc(F)cc2Cl)cc1. The van der Waals surface area contributed by atoms with E-state index in [1.807, 2.05) is 19.1 Å². The molecule has 0 unspecified atom stereocenters. The fourth-order valence-electron chi connectivity index (χ4n) is 1.57. The van der Waals surface area contributed by atoms with Crippen molar-refractivity contribution >= 4 is 51.9 Å². The lowest BCUT2D eigenvalue weighted by Gasteiger charge is -2.02. The van der Waals surface area contributed by atoms with Gasteiger partial charge < -0.3 is 0 Å². The fraction of sp³-hybridized carbons (Fsp3) is 0.0714. The first-order valence-electron chi connectivity index (χ1n) is 5.97. The van der Waals surface area contributed by atoms with Crippen molar-refractivity contribution in [3.8, 4) is 0 Å². The van der Waals surface area contributed by atoms with Crippen LogP contribution in [0.3, 0.4) is 0 Å². The van der Waals surface area contributed by atoms with Crippen molar-refractivity contribution in [1.29, 1.82) is 0 Å². The van der Waals surface area contributed by atoms with Gasteiger partial charge in [-0.25, -0.2) is 4.39 Å². The van der Waals surface area contributed by atoms with Crippen LogP contribution >= 0.6 is 46.8 Å². The van der Waals surface area contributed by atoms with Crippen molar-refractivity contribution in [2.45, 2.75) is 11.8 Å². The maximum absolute atomic E-state index is 13.1. The summed E-state index contributed by atoms with van der Waals surface area (Å²) in [6, 6.07) is 9.40. The fourth-order valence-corrected chi connectivity index (χ4v) is 3.18. The Morgan fingerprint density at radius 2 is 1.73 bits per heavy atom. The van der Waals surface area contributed by atoms with Crippen molar-refractivity contribution in [3.63, 3.8) is 0 Å². The molecular formula is C14H9Cl3FN2OS+. The van der Waals surface area contributed by atoms with Crippen molar-refractivity contribution in [1.82, 2.24) is 0 Å². The number of rotatable bonds is 4. The highest BCUT2D eigenvalue weighted by atomic mass is 35.5. The van der Waals surface area contributed by atoms with Gasteiger partial charge in [0.25, 0.3) is 11.9 Å². The van der Waals surface area contributed by atoms with Crippen LogP contribution in [-0.4, -0.2) is 9.45 Å². The van der Waals surface area contributed by atoms with E-state index < -0.39 is 5.82 Å². The highest BCUT2D eigenvalue weighted by molar-refractivity contribution is 7.93. The van der Waals surface area contributed by atoms with Crippen LogP contribution < -0.4 is 0 Å². The minimum absolute atomic E-state index is 0.0208. The molecule has 0 fully saturated rings. The molecule has 2 rings (SSSR count). The van der Waals surface area contributed by atoms with Gasteiger partial charge in [0.15, 0.2) is 0 Å². The Balaban J connectivity index is 2.21. The molecule has 0 heterocycles. The lowest BCUT2D eigenvalue weighted by Crippen LogP contribution is -1.99. The number of nitroso groups, excluding NO2 is 1. The van der Waals surface area contributed by atoms with E-state index >= 15 is 0 Å². The normalized spacial score (nSPS) is 11.6. The molecule has 0 aromatic heterocycles. The Hall–Kier alpha value is -1.14. The molecule has 0 amide bonds. The van der Waals surface area contributed by atoms with Gasteiger partial charge in [0.1, 0.15) is 5.82 Å². The number of hydrazone groups is 1. The monoisotopic (exact) mass is 377 g/mol. The zero-order chi connectivity index (χ0) is 16.3. The van der Waals surface area contributed by atoms with Crippen molar-refractivity contribution < 1.29 is 8.66 Å². The zero-order valence-electron chi connectivity index (χ0n) is 11.2. The van der Waals surface area contributed by atoms with E-state index in [9.17, 15) is 9.30 Å². The number of benzene rings is 2. The summed E-state index contributed by atoms with van der Waals surface area (Å²) in [5.41, 5.74) is 1.19. The summed E-state index contributed by atoms with van der Waals surface area (Å²) in [6.45, 7) is 1.94. The Morgan fingerprint density at radius 3 is 2.27 bits per heavy atom. The molecule has 0 aliphatic carbocycles. The number of aryl methyl sites for hydroxylation is 1. The largest absolute Gasteiger partial charge is 0.292 e. The van der Waals surface area contributed by atoms with E-state index in [1.54, 1.807) is 12.1 Å². The van der Waals surface area contributed by atoms with E-state index in [0.29, 0.717) is 9.17 Å². The predicted octanol–water partition coefficient (Wildman–Crippen LogP) is 5.83. The maximum Gasteiger partial charge on any atom is 0.292 e. The molecule has 22 heavy (non-hydrogen) atoms. The first-order valence-corrected chi connectivity index (χ1v) is 7.88. The van der Waals surface area contributed by atoms with Gasteiger partial charge in [-0.3, -0.25) is 0 Å². The van der Waals surface area contributed by atoms with E-state index in [4.69, 9.17) is 34.8 Å². The highest BCUT2D eigenvalue weighted by Gasteiger charge is 2.20. The van der Waals surface area contributed by atoms with Gasteiger partial charge in [-0.1, -0.05) is 52.5 Å². The van der Waals surface area contributed by atoms with Crippen LogP contribution in [0.5, 0.6) is 0 Å². The van der Waals surface area contributed by atoms with Gasteiger partial charge in [-0.05, 0) is 31.2 Å². The third-order valence-electron chi connectivity index (χ3n) is 2.59. The van der Waals surface area contributed by atoms with Gasteiger partial charge in [0, 0.05) is 0 Å². The molecule has 2 aromatic rings. The molecule has 3 nitrogen and oxygen atoms in total. The zero-order valence-corrected chi connectivity index (χ0v) is 14.3. The molecule has 0 aliphatic rings. The summed E-state index contributed by atoms with van der Waals surface area (Å²) in [4.78, 5) is 12.5. The average molecular weight is 379 g/mol. The van der Waals surface area contributed by atoms with Gasteiger partial charge in [0.05, 0.1) is 30.5 Å². The van der Waals surface area contributed by atoms with Crippen LogP contribution in [0.2, 0.25) is 10.0 Å². The first kappa shape index (κ1) is 17.2. The Labute approximate surface area is 145 Å². The summed E-state index contributed by atoms with van der Waals surface area (Å²) in [5.74, 6) is -0.601. The van der Waals surface area contributed by atoms with Gasteiger partial charge in [0.2, 0.25) is 9.45 Å². The minimum atomic E-state index is -0.601. The standard InChI is InChI=1S/C14H9Cl3FN2OS/c1-8-2-4-10(5-3-8)22-20(21)19-14(17)13-11(15)6-9(18)7-12(13)16/h2-7H,1H3/q+1/b19-14-. The summed E-state index contributed by atoms with van der Waals surface area (Å²) >= 11 is 18.5. The molecule has 0 N–H and O–H groups in total. The summed E-state index contributed by atoms with van der Waals surface area (Å²) < 4.78 is 13.5. The van der Waals surface area contributed by atoms with Crippen LogP contribution in [0.4, 0.5) is 4.39 Å². The van der Waals surface area contributed by atoms with Gasteiger partial charge >= 0.3 is 0 Å². The predicted molar refractivity (Wildman–Crippen MR) is 89.5 cm³/mol. The molecule has 0 saturated heterocycles. The van der Waals surface area contributed by atoms with Crippen molar-refractivity contribution in [2.75, 3.05) is 0 Å². The average Bonchev–Trinajstić information content (AvgIpc) is 2.40. The maximum atomic E-state index is 13.1. The van der Waals surface area contributed by atoms with Crippen LogP contribution in [0.15, 0.2) is 46.4 Å². The van der Waals surface area contributed by atoms with Crippen LogP contribution in [0.25, 0.3) is 0 Å². The summed E-state index contributed by atoms with van der Waals surface area (Å²) in [6.07, 6.45) is 0. The molecule has 0 aliphatic heterocycles. The Bertz CT molecular complexity index is 727. The topological polar surface area (TPSA) is 32.4 Å². The molecular weight excluding hydrogens is 370 g/mol. The van der Waals surface area contributed by atoms with Crippen LogP contribution in [-0.2, 0) is 0 Å². The number of halogens is 4. The first-order chi connectivity index (χ1) is 10.4. The smallest absolute Gasteiger partial charge is 0.207 e. The van der Waals surface area contributed by atoms with Crippen molar-refractivity contribution in [3.05, 3.63) is 68.3 Å². The second kappa shape index (κ2) is 7.42. The highest BCUT2D eigenvalue weighted by Crippen LogP contribution is 2.29. The van der Waals surface area contributed by atoms with Crippen LogP contribution in [0.1, 0.15) is 11.1 Å². The Morgan fingerprint density at radius 1 is 1.18 bits per heavy atom. The van der Waals surface area contributed by atoms with E-state index in [0.717, 1.165) is 29.6 Å². The molecule has 0 atom stereocenters. The minimum Gasteiger partial charge on any atom is -0.207 e. The van der Waals surface area contributed by atoms with E-state index in [-0.39, 0.29) is 20.8 Å². The van der Waals surface area contributed by atoms with E-state index in [1.165, 1.54) is 0 Å². The number of nitrogens with zero attached hydrogens (tertiary/aromatic N) is 2. The summed E-state index contributed by atoms with van der Waals surface area (Å²) in [7, 11) is 0. The lowest BCUT2D eigenvalue weighted by molar-refractivity contribution is -0.375. The molecule has 0 bridgehead atoms. The van der Waals surface area contributed by atoms with Gasteiger partial charge in [-0.2, -0.15) is 0 Å². The Kier molecular flexibility index (Phi) is 5.81. The number of hydrogen-bond donors (Lipinski definition) is 0. The van der Waals surface area contributed by atoms with Gasteiger partial charge in [-0.15, -0.1) is 0 Å². The van der Waals surface area contributed by atoms with E-state index in [2.05, 4.69) is 5.10 Å². The summed E-state index contributed by atoms with van der Waals surface area (Å²) in [5, 5.41) is 3.39. The molecule has 114 valence electrons. The quantitative estimate of drug-likeness (QED) is 0.290. The third-order valence-corrected chi connectivity index (χ3v) is 4.17. The molecule has 8 heteroatoms. The second-order valence-corrected chi connectivity index (χ2v) is 6.42. The molecule has 0 saturated carbocycles. The third kappa shape index (κ3) is 4.43. The number of hydrogen-bond acceptors (Lipinski definition) is 2. The lowest BCUT2D eigenvalue weighted by atomic mass is 10.2. The van der Waals surface area contributed by atoms with Crippen LogP contribution in [0, 0.1) is 17.6 Å².